The van der Waals surface area contributed by atoms with Gasteiger partial charge in [-0.3, -0.25) is 4.79 Å². The second-order valence-electron chi connectivity index (χ2n) is 3.18. The van der Waals surface area contributed by atoms with E-state index in [4.69, 9.17) is 11.6 Å². The third-order valence-electron chi connectivity index (χ3n) is 2.14. The van der Waals surface area contributed by atoms with Crippen LogP contribution in [0.4, 0.5) is 8.78 Å². The van der Waals surface area contributed by atoms with Gasteiger partial charge in [0, 0.05) is 5.39 Å². The van der Waals surface area contributed by atoms with E-state index in [0.29, 0.717) is 10.8 Å². The van der Waals surface area contributed by atoms with Crippen LogP contribution in [0.15, 0.2) is 30.3 Å². The minimum Gasteiger partial charge on any atom is -0.286 e. The lowest BCUT2D eigenvalue weighted by atomic mass is 10.1. The van der Waals surface area contributed by atoms with Gasteiger partial charge in [-0.05, 0) is 11.5 Å². The van der Waals surface area contributed by atoms with Gasteiger partial charge in [0.1, 0.15) is 10.8 Å². The molecule has 1 aromatic heterocycles. The molecule has 1 heterocycles. The van der Waals surface area contributed by atoms with E-state index in [0.717, 1.165) is 0 Å². The zero-order chi connectivity index (χ0) is 11.7. The number of hydrogen-bond donors (Lipinski definition) is 0. The van der Waals surface area contributed by atoms with Crippen LogP contribution in [-0.2, 0) is 0 Å². The molecule has 0 aliphatic carbocycles. The Hall–Kier alpha value is -1.55. The fourth-order valence-electron chi connectivity index (χ4n) is 1.39. The first-order chi connectivity index (χ1) is 7.59. The lowest BCUT2D eigenvalue weighted by Gasteiger charge is -2.03. The Morgan fingerprint density at radius 1 is 1.31 bits per heavy atom. The number of fused-ring (bicyclic) bond motifs is 1. The molecule has 2 rings (SSSR count). The second kappa shape index (κ2) is 4.14. The highest BCUT2D eigenvalue weighted by atomic mass is 35.5. The first-order valence-electron chi connectivity index (χ1n) is 4.47. The predicted octanol–water partition coefficient (Wildman–Crippen LogP) is 3.34. The molecule has 0 unspecified atom stereocenters. The SMILES string of the molecule is O=C(c1cc2ccccc2c(Cl)n1)C(F)F. The lowest BCUT2D eigenvalue weighted by Crippen LogP contribution is -2.12. The highest BCUT2D eigenvalue weighted by molar-refractivity contribution is 6.34. The average molecular weight is 242 g/mol. The molecule has 5 heteroatoms. The first-order valence-corrected chi connectivity index (χ1v) is 4.85. The van der Waals surface area contributed by atoms with Crippen LogP contribution in [-0.4, -0.2) is 17.2 Å². The third kappa shape index (κ3) is 1.88. The number of hydrogen-bond acceptors (Lipinski definition) is 2. The van der Waals surface area contributed by atoms with Gasteiger partial charge in [-0.15, -0.1) is 0 Å². The molecular weight excluding hydrogens is 236 g/mol. The minimum atomic E-state index is -3.07. The molecule has 0 aliphatic heterocycles. The van der Waals surface area contributed by atoms with Crippen molar-refractivity contribution in [1.29, 1.82) is 0 Å². The Bertz CT molecular complexity index is 557. The fourth-order valence-corrected chi connectivity index (χ4v) is 1.66. The molecule has 0 spiro atoms. The summed E-state index contributed by atoms with van der Waals surface area (Å²) in [6.07, 6.45) is -3.07. The van der Waals surface area contributed by atoms with Gasteiger partial charge in [-0.2, -0.15) is 0 Å². The molecule has 2 aromatic rings. The van der Waals surface area contributed by atoms with Crippen LogP contribution < -0.4 is 0 Å². The van der Waals surface area contributed by atoms with Crippen molar-refractivity contribution < 1.29 is 13.6 Å². The standard InChI is InChI=1S/C11H6ClF2NO/c12-10-7-4-2-1-3-6(7)5-8(15-10)9(16)11(13)14/h1-5,11H. The predicted molar refractivity (Wildman–Crippen MR) is 57.1 cm³/mol. The summed E-state index contributed by atoms with van der Waals surface area (Å²) in [5, 5.41) is 1.31. The van der Waals surface area contributed by atoms with E-state index in [1.54, 1.807) is 24.3 Å². The highest BCUT2D eigenvalue weighted by Crippen LogP contribution is 2.23. The van der Waals surface area contributed by atoms with Gasteiger partial charge >= 0.3 is 6.43 Å². The molecule has 0 N–H and O–H groups in total. The van der Waals surface area contributed by atoms with Crippen molar-refractivity contribution in [3.8, 4) is 0 Å². The van der Waals surface area contributed by atoms with E-state index in [-0.39, 0.29) is 10.8 Å². The summed E-state index contributed by atoms with van der Waals surface area (Å²) in [4.78, 5) is 14.7. The maximum atomic E-state index is 12.2. The quantitative estimate of drug-likeness (QED) is 0.596. The van der Waals surface area contributed by atoms with E-state index >= 15 is 0 Å². The molecule has 1 aromatic carbocycles. The fraction of sp³-hybridized carbons (Fsp3) is 0.0909. The molecule has 0 aliphatic rings. The third-order valence-corrected chi connectivity index (χ3v) is 2.43. The summed E-state index contributed by atoms with van der Waals surface area (Å²) in [5.74, 6) is -1.31. The largest absolute Gasteiger partial charge is 0.302 e. The maximum Gasteiger partial charge on any atom is 0.302 e. The van der Waals surface area contributed by atoms with Crippen LogP contribution in [0, 0.1) is 0 Å². The van der Waals surface area contributed by atoms with Crippen molar-refractivity contribution in [2.45, 2.75) is 6.43 Å². The van der Waals surface area contributed by atoms with Crippen LogP contribution in [0.1, 0.15) is 10.5 Å². The number of carbonyl (C=O) groups excluding carboxylic acids is 1. The van der Waals surface area contributed by atoms with Crippen LogP contribution in [0.3, 0.4) is 0 Å². The molecule has 0 radical (unpaired) electrons. The van der Waals surface area contributed by atoms with E-state index in [1.807, 2.05) is 0 Å². The Balaban J connectivity index is 2.62. The van der Waals surface area contributed by atoms with Crippen LogP contribution in [0.2, 0.25) is 5.15 Å². The molecule has 0 atom stereocenters. The first kappa shape index (κ1) is 11.0. The zero-order valence-electron chi connectivity index (χ0n) is 7.95. The summed E-state index contributed by atoms with van der Waals surface area (Å²) in [6, 6.07) is 8.20. The average Bonchev–Trinajstić information content (AvgIpc) is 2.28. The monoisotopic (exact) mass is 241 g/mol. The minimum absolute atomic E-state index is 0.0575. The number of ketones is 1. The molecule has 0 bridgehead atoms. The molecule has 16 heavy (non-hydrogen) atoms. The number of nitrogens with zero attached hydrogens (tertiary/aromatic N) is 1. The van der Waals surface area contributed by atoms with Crippen LogP contribution in [0.5, 0.6) is 0 Å². The van der Waals surface area contributed by atoms with Crippen LogP contribution in [0.25, 0.3) is 10.8 Å². The maximum absolute atomic E-state index is 12.2. The Morgan fingerprint density at radius 2 is 2.00 bits per heavy atom. The molecule has 0 fully saturated rings. The number of alkyl halides is 2. The lowest BCUT2D eigenvalue weighted by molar-refractivity contribution is 0.0673. The van der Waals surface area contributed by atoms with Crippen molar-refractivity contribution in [2.24, 2.45) is 0 Å². The number of Topliss-reactive ketones (excluding diaryl/α,β-unsaturated/α-hetero) is 1. The summed E-state index contributed by atoms with van der Waals surface area (Å²) >= 11 is 5.80. The van der Waals surface area contributed by atoms with Gasteiger partial charge in [0.15, 0.2) is 0 Å². The highest BCUT2D eigenvalue weighted by Gasteiger charge is 2.20. The van der Waals surface area contributed by atoms with Gasteiger partial charge in [0.05, 0.1) is 0 Å². The van der Waals surface area contributed by atoms with Crippen molar-refractivity contribution in [3.63, 3.8) is 0 Å². The van der Waals surface area contributed by atoms with E-state index in [2.05, 4.69) is 4.98 Å². The molecule has 82 valence electrons. The van der Waals surface area contributed by atoms with E-state index in [9.17, 15) is 13.6 Å². The summed E-state index contributed by atoms with van der Waals surface area (Å²) in [5.41, 5.74) is -0.307. The van der Waals surface area contributed by atoms with E-state index < -0.39 is 12.2 Å². The van der Waals surface area contributed by atoms with Crippen molar-refractivity contribution in [3.05, 3.63) is 41.2 Å². The number of pyridine rings is 1. The van der Waals surface area contributed by atoms with Gasteiger partial charge < -0.3 is 0 Å². The number of rotatable bonds is 2. The van der Waals surface area contributed by atoms with E-state index in [1.165, 1.54) is 6.07 Å². The molecule has 0 saturated carbocycles. The smallest absolute Gasteiger partial charge is 0.286 e. The van der Waals surface area contributed by atoms with Gasteiger partial charge in [0.2, 0.25) is 5.78 Å². The molecular formula is C11H6ClF2NO. The normalized spacial score (nSPS) is 11.0. The topological polar surface area (TPSA) is 30.0 Å². The van der Waals surface area contributed by atoms with Gasteiger partial charge in [-0.25, -0.2) is 13.8 Å². The number of aromatic nitrogens is 1. The summed E-state index contributed by atoms with van der Waals surface area (Å²) in [6.45, 7) is 0. The summed E-state index contributed by atoms with van der Waals surface area (Å²) in [7, 11) is 0. The van der Waals surface area contributed by atoms with Gasteiger partial charge in [0.25, 0.3) is 0 Å². The Morgan fingerprint density at radius 3 is 2.69 bits per heavy atom. The molecule has 0 saturated heterocycles. The number of carbonyl (C=O) groups is 1. The molecule has 2 nitrogen and oxygen atoms in total. The number of benzene rings is 1. The Kier molecular flexibility index (Phi) is 2.83. The molecule has 0 amide bonds. The Labute approximate surface area is 94.9 Å². The van der Waals surface area contributed by atoms with Gasteiger partial charge in [-0.1, -0.05) is 35.9 Å². The van der Waals surface area contributed by atoms with Crippen molar-refractivity contribution >= 4 is 28.2 Å². The van der Waals surface area contributed by atoms with Crippen LogP contribution >= 0.6 is 11.6 Å². The second-order valence-corrected chi connectivity index (χ2v) is 3.54. The van der Waals surface area contributed by atoms with Crippen molar-refractivity contribution in [1.82, 2.24) is 4.98 Å². The zero-order valence-corrected chi connectivity index (χ0v) is 8.71. The van der Waals surface area contributed by atoms with Crippen molar-refractivity contribution in [2.75, 3.05) is 0 Å². The number of halogens is 3. The summed E-state index contributed by atoms with van der Waals surface area (Å²) < 4.78 is 24.4.